The summed E-state index contributed by atoms with van der Waals surface area (Å²) in [6, 6.07) is 10.7. The number of aromatic nitrogens is 1. The molecule has 1 aromatic carbocycles. The molecule has 0 radical (unpaired) electrons. The van der Waals surface area contributed by atoms with Gasteiger partial charge in [-0.25, -0.2) is 0 Å². The van der Waals surface area contributed by atoms with Gasteiger partial charge >= 0.3 is 0 Å². The second-order valence-electron chi connectivity index (χ2n) is 7.83. The smallest absolute Gasteiger partial charge is 0.258 e. The van der Waals surface area contributed by atoms with Gasteiger partial charge < -0.3 is 19.7 Å². The molecule has 4 atom stereocenters. The lowest BCUT2D eigenvalue weighted by atomic mass is 9.88. The molecule has 1 aromatic heterocycles. The number of ether oxygens (including phenoxy) is 1. The van der Waals surface area contributed by atoms with Crippen LogP contribution >= 0.6 is 0 Å². The van der Waals surface area contributed by atoms with Gasteiger partial charge in [0.2, 0.25) is 5.91 Å². The molecule has 2 aliphatic heterocycles. The predicted molar refractivity (Wildman–Crippen MR) is 114 cm³/mol. The van der Waals surface area contributed by atoms with E-state index in [0.29, 0.717) is 18.7 Å². The molecule has 1 fully saturated rings. The number of hydrogen-bond acceptors (Lipinski definition) is 5. The van der Waals surface area contributed by atoms with Gasteiger partial charge in [0, 0.05) is 42.8 Å². The van der Waals surface area contributed by atoms with Crippen LogP contribution in [0.15, 0.2) is 47.3 Å². The predicted octanol–water partition coefficient (Wildman–Crippen LogP) is 1.46. The number of hydrogen-bond donors (Lipinski definition) is 3. The first kappa shape index (κ1) is 20.4. The number of aliphatic hydroxyl groups is 1. The van der Waals surface area contributed by atoms with Crippen molar-refractivity contribution in [3.05, 3.63) is 69.6 Å². The van der Waals surface area contributed by atoms with Crippen LogP contribution in [0.25, 0.3) is 6.08 Å². The largest absolute Gasteiger partial charge is 0.497 e. The van der Waals surface area contributed by atoms with Crippen LogP contribution in [0, 0.1) is 11.8 Å². The Balaban J connectivity index is 1.50. The van der Waals surface area contributed by atoms with Crippen molar-refractivity contribution in [3.63, 3.8) is 0 Å². The molecule has 30 heavy (non-hydrogen) atoms. The molecule has 0 bridgehead atoms. The zero-order valence-electron chi connectivity index (χ0n) is 17.2. The summed E-state index contributed by atoms with van der Waals surface area (Å²) in [5, 5.41) is 16.4. The molecule has 0 aliphatic carbocycles. The van der Waals surface area contributed by atoms with Gasteiger partial charge in [0.15, 0.2) is 0 Å². The van der Waals surface area contributed by atoms with Crippen LogP contribution < -0.4 is 20.9 Å². The zero-order valence-corrected chi connectivity index (χ0v) is 17.2. The summed E-state index contributed by atoms with van der Waals surface area (Å²) in [5.74, 6) is 0.328. The van der Waals surface area contributed by atoms with Crippen molar-refractivity contribution in [2.45, 2.75) is 32.1 Å². The molecule has 4 rings (SSSR count). The Bertz CT molecular complexity index is 1030. The number of carbonyl (C=O) groups excluding carboxylic acids is 1. The summed E-state index contributed by atoms with van der Waals surface area (Å²) in [6.45, 7) is 2.65. The molecule has 2 aromatic rings. The van der Waals surface area contributed by atoms with Crippen molar-refractivity contribution >= 4 is 12.0 Å². The summed E-state index contributed by atoms with van der Waals surface area (Å²) in [4.78, 5) is 25.6. The lowest BCUT2D eigenvalue weighted by Gasteiger charge is -2.21. The first-order valence-corrected chi connectivity index (χ1v) is 10.2. The minimum atomic E-state index is -0.505. The molecule has 0 saturated carbocycles. The molecule has 1 amide bonds. The van der Waals surface area contributed by atoms with E-state index in [9.17, 15) is 14.7 Å². The number of nitrogens with zero attached hydrogens (tertiary/aromatic N) is 1. The average Bonchev–Trinajstić information content (AvgIpc) is 3.30. The van der Waals surface area contributed by atoms with Crippen LogP contribution in [0.3, 0.4) is 0 Å². The van der Waals surface area contributed by atoms with Gasteiger partial charge in [-0.1, -0.05) is 24.3 Å². The highest BCUT2D eigenvalue weighted by Crippen LogP contribution is 2.42. The Labute approximate surface area is 175 Å². The van der Waals surface area contributed by atoms with Gasteiger partial charge in [0.1, 0.15) is 5.75 Å². The molecular weight excluding hydrogens is 382 g/mol. The number of rotatable bonds is 6. The number of nitrogens with one attached hydrogen (secondary N) is 2. The molecule has 7 heteroatoms. The van der Waals surface area contributed by atoms with E-state index in [1.807, 2.05) is 49.4 Å². The number of methoxy groups -OCH3 is 1. The van der Waals surface area contributed by atoms with Crippen LogP contribution in [0.2, 0.25) is 0 Å². The maximum atomic E-state index is 12.9. The number of allylic oxidation sites excluding steroid dienone is 1. The van der Waals surface area contributed by atoms with Gasteiger partial charge in [-0.3, -0.25) is 14.9 Å². The highest BCUT2D eigenvalue weighted by atomic mass is 16.5. The number of benzene rings is 1. The van der Waals surface area contributed by atoms with E-state index >= 15 is 0 Å². The SMILES string of the molecule is C/C=C/c1ccc2n(c1=O)C[C@H]1[C@H](CO)[C@@H](C(=O)NCc3cccc(OC)c3)N[C@@H]21. The Morgan fingerprint density at radius 1 is 1.37 bits per heavy atom. The lowest BCUT2D eigenvalue weighted by Crippen LogP contribution is -2.46. The van der Waals surface area contributed by atoms with Crippen LogP contribution in [-0.4, -0.2) is 35.3 Å². The first-order chi connectivity index (χ1) is 14.6. The topological polar surface area (TPSA) is 92.6 Å². The third-order valence-corrected chi connectivity index (χ3v) is 6.16. The number of aliphatic hydroxyl groups excluding tert-OH is 1. The van der Waals surface area contributed by atoms with Crippen LogP contribution in [0.5, 0.6) is 5.75 Å². The van der Waals surface area contributed by atoms with E-state index in [1.54, 1.807) is 17.8 Å². The van der Waals surface area contributed by atoms with E-state index in [4.69, 9.17) is 4.74 Å². The van der Waals surface area contributed by atoms with E-state index in [1.165, 1.54) is 0 Å². The third kappa shape index (κ3) is 3.55. The van der Waals surface area contributed by atoms with E-state index in [2.05, 4.69) is 10.6 Å². The van der Waals surface area contributed by atoms with Crippen molar-refractivity contribution in [2.24, 2.45) is 11.8 Å². The molecule has 0 unspecified atom stereocenters. The van der Waals surface area contributed by atoms with Crippen molar-refractivity contribution in [2.75, 3.05) is 13.7 Å². The fourth-order valence-electron chi connectivity index (χ4n) is 4.66. The second-order valence-corrected chi connectivity index (χ2v) is 7.83. The fraction of sp³-hybridized carbons (Fsp3) is 0.391. The number of fused-ring (bicyclic) bond motifs is 3. The van der Waals surface area contributed by atoms with Crippen LogP contribution in [-0.2, 0) is 17.9 Å². The third-order valence-electron chi connectivity index (χ3n) is 6.16. The highest BCUT2D eigenvalue weighted by molar-refractivity contribution is 5.82. The summed E-state index contributed by atoms with van der Waals surface area (Å²) in [6.07, 6.45) is 3.65. The van der Waals surface area contributed by atoms with Gasteiger partial charge in [-0.05, 0) is 36.8 Å². The second kappa shape index (κ2) is 8.45. The first-order valence-electron chi connectivity index (χ1n) is 10.2. The summed E-state index contributed by atoms with van der Waals surface area (Å²) >= 11 is 0. The van der Waals surface area contributed by atoms with Crippen molar-refractivity contribution < 1.29 is 14.6 Å². The number of pyridine rings is 1. The van der Waals surface area contributed by atoms with Gasteiger partial charge in [-0.15, -0.1) is 0 Å². The molecule has 3 heterocycles. The van der Waals surface area contributed by atoms with Gasteiger partial charge in [-0.2, -0.15) is 0 Å². The molecule has 0 spiro atoms. The summed E-state index contributed by atoms with van der Waals surface area (Å²) in [5.41, 5.74) is 2.43. The normalized spacial score (nSPS) is 24.6. The molecule has 7 nitrogen and oxygen atoms in total. The monoisotopic (exact) mass is 409 g/mol. The van der Waals surface area contributed by atoms with Crippen LogP contribution in [0.1, 0.15) is 29.8 Å². The maximum Gasteiger partial charge on any atom is 0.258 e. The summed E-state index contributed by atoms with van der Waals surface area (Å²) in [7, 11) is 1.61. The standard InChI is InChI=1S/C23H27N3O4/c1-3-5-15-8-9-19-20-17(12-26(19)23(15)29)18(13-27)21(25-20)22(28)24-11-14-6-4-7-16(10-14)30-2/h3-10,17-18,20-21,25,27H,11-13H2,1-2H3,(H,24,28)/b5-3+/t17-,18-,20+,21-/m0/s1. The molecular formula is C23H27N3O4. The Kier molecular flexibility index (Phi) is 5.74. The lowest BCUT2D eigenvalue weighted by molar-refractivity contribution is -0.124. The number of amides is 1. The van der Waals surface area contributed by atoms with E-state index < -0.39 is 6.04 Å². The molecule has 2 aliphatic rings. The fourth-order valence-corrected chi connectivity index (χ4v) is 4.66. The minimum absolute atomic E-state index is 0.00359. The average molecular weight is 409 g/mol. The van der Waals surface area contributed by atoms with E-state index in [0.717, 1.165) is 17.0 Å². The Hall–Kier alpha value is -2.90. The highest BCUT2D eigenvalue weighted by Gasteiger charge is 2.50. The molecule has 3 N–H and O–H groups in total. The van der Waals surface area contributed by atoms with Crippen LogP contribution in [0.4, 0.5) is 0 Å². The zero-order chi connectivity index (χ0) is 21.3. The molecule has 158 valence electrons. The Morgan fingerprint density at radius 3 is 2.93 bits per heavy atom. The van der Waals surface area contributed by atoms with E-state index in [-0.39, 0.29) is 36.0 Å². The summed E-state index contributed by atoms with van der Waals surface area (Å²) < 4.78 is 6.99. The Morgan fingerprint density at radius 2 is 2.20 bits per heavy atom. The molecule has 1 saturated heterocycles. The van der Waals surface area contributed by atoms with Gasteiger partial charge in [0.05, 0.1) is 19.2 Å². The minimum Gasteiger partial charge on any atom is -0.497 e. The maximum absolute atomic E-state index is 12.9. The van der Waals surface area contributed by atoms with Crippen molar-refractivity contribution in [1.82, 2.24) is 15.2 Å². The quantitative estimate of drug-likeness (QED) is 0.672. The number of carbonyl (C=O) groups is 1. The van der Waals surface area contributed by atoms with Gasteiger partial charge in [0.25, 0.3) is 5.56 Å². The van der Waals surface area contributed by atoms with Crippen molar-refractivity contribution in [3.8, 4) is 5.75 Å². The van der Waals surface area contributed by atoms with Crippen molar-refractivity contribution in [1.29, 1.82) is 0 Å².